The summed E-state index contributed by atoms with van der Waals surface area (Å²) in [6.45, 7) is 5.86. The van der Waals surface area contributed by atoms with Gasteiger partial charge in [-0.2, -0.15) is 0 Å². The van der Waals surface area contributed by atoms with Crippen LogP contribution in [0.4, 0.5) is 10.8 Å². The number of nitro groups is 1. The van der Waals surface area contributed by atoms with E-state index in [-0.39, 0.29) is 21.4 Å². The Labute approximate surface area is 125 Å². The summed E-state index contributed by atoms with van der Waals surface area (Å²) in [6, 6.07) is 1.72. The van der Waals surface area contributed by atoms with Crippen molar-refractivity contribution >= 4 is 32.4 Å². The maximum Gasteiger partial charge on any atom is 0.326 e. The molecule has 3 rings (SSSR count). The van der Waals surface area contributed by atoms with E-state index in [0.717, 1.165) is 42.1 Å². The summed E-state index contributed by atoms with van der Waals surface area (Å²) in [4.78, 5) is 21.9. The Morgan fingerprint density at radius 2 is 2.29 bits per heavy atom. The van der Waals surface area contributed by atoms with Crippen LogP contribution >= 0.6 is 11.3 Å². The molecule has 1 aliphatic rings. The van der Waals surface area contributed by atoms with E-state index in [1.807, 2.05) is 0 Å². The minimum Gasteiger partial charge on any atom is -0.355 e. The molecule has 1 unspecified atom stereocenters. The number of hydrogen-bond acceptors (Lipinski definition) is 7. The Kier molecular flexibility index (Phi) is 3.29. The normalized spacial score (nSPS) is 21.7. The van der Waals surface area contributed by atoms with E-state index < -0.39 is 0 Å². The Balaban J connectivity index is 2.02. The zero-order valence-electron chi connectivity index (χ0n) is 11.9. The number of aromatic nitrogens is 2. The highest BCUT2D eigenvalue weighted by Gasteiger charge is 2.34. The molecule has 112 valence electrons. The van der Waals surface area contributed by atoms with Gasteiger partial charge in [-0.15, -0.1) is 0 Å². The van der Waals surface area contributed by atoms with Crippen molar-refractivity contribution in [2.45, 2.75) is 26.3 Å². The number of fused-ring (bicyclic) bond motifs is 1. The van der Waals surface area contributed by atoms with Gasteiger partial charge >= 0.3 is 5.00 Å². The Morgan fingerprint density at radius 1 is 1.52 bits per heavy atom. The molecule has 8 heteroatoms. The molecular formula is C13H17N5O2S. The third kappa shape index (κ3) is 2.44. The molecule has 2 N–H and O–H groups in total. The lowest BCUT2D eigenvalue weighted by Crippen LogP contribution is -2.52. The van der Waals surface area contributed by atoms with Gasteiger partial charge in [0.15, 0.2) is 0 Å². The molecule has 1 saturated heterocycles. The van der Waals surface area contributed by atoms with Gasteiger partial charge in [0.05, 0.1) is 10.3 Å². The monoisotopic (exact) mass is 307 g/mol. The molecule has 2 aromatic rings. The third-order valence-electron chi connectivity index (χ3n) is 4.09. The summed E-state index contributed by atoms with van der Waals surface area (Å²) in [6.07, 6.45) is 2.35. The van der Waals surface area contributed by atoms with E-state index in [1.165, 1.54) is 6.33 Å². The number of hydrogen-bond donors (Lipinski definition) is 1. The molecule has 1 aliphatic heterocycles. The maximum atomic E-state index is 10.9. The summed E-state index contributed by atoms with van der Waals surface area (Å²) in [5.74, 6) is 0.768. The highest BCUT2D eigenvalue weighted by molar-refractivity contribution is 7.21. The fourth-order valence-corrected chi connectivity index (χ4v) is 3.54. The number of rotatable bonds is 2. The number of nitrogens with zero attached hydrogens (tertiary/aromatic N) is 4. The molecule has 1 fully saturated rings. The Hall–Kier alpha value is -1.80. The van der Waals surface area contributed by atoms with E-state index in [9.17, 15) is 10.1 Å². The van der Waals surface area contributed by atoms with E-state index in [1.54, 1.807) is 6.07 Å². The molecule has 3 heterocycles. The standard InChI is InChI=1S/C13H17N5O2S/c1-13(2)6-17(4-3-9(13)14)11-8-5-10(18(19)20)21-12(8)16-7-15-11/h5,7,9H,3-4,6,14H2,1-2H3. The van der Waals surface area contributed by atoms with E-state index in [0.29, 0.717) is 4.83 Å². The minimum absolute atomic E-state index is 0.0164. The van der Waals surface area contributed by atoms with Crippen LogP contribution in [0, 0.1) is 15.5 Å². The molecule has 0 amide bonds. The zero-order valence-corrected chi connectivity index (χ0v) is 12.8. The largest absolute Gasteiger partial charge is 0.355 e. The highest BCUT2D eigenvalue weighted by atomic mass is 32.1. The van der Waals surface area contributed by atoms with Gasteiger partial charge in [0, 0.05) is 25.2 Å². The predicted octanol–water partition coefficient (Wildman–Crippen LogP) is 2.16. The highest BCUT2D eigenvalue weighted by Crippen LogP contribution is 2.37. The molecule has 0 saturated carbocycles. The van der Waals surface area contributed by atoms with Gasteiger partial charge in [-0.1, -0.05) is 13.8 Å². The van der Waals surface area contributed by atoms with Gasteiger partial charge in [-0.05, 0) is 23.2 Å². The van der Waals surface area contributed by atoms with Crippen molar-refractivity contribution in [1.82, 2.24) is 9.97 Å². The predicted molar refractivity (Wildman–Crippen MR) is 82.7 cm³/mol. The smallest absolute Gasteiger partial charge is 0.326 e. The van der Waals surface area contributed by atoms with Gasteiger partial charge in [0.2, 0.25) is 0 Å². The van der Waals surface area contributed by atoms with Crippen LogP contribution in [0.1, 0.15) is 20.3 Å². The fraction of sp³-hybridized carbons (Fsp3) is 0.538. The fourth-order valence-electron chi connectivity index (χ4n) is 2.73. The third-order valence-corrected chi connectivity index (χ3v) is 5.08. The van der Waals surface area contributed by atoms with Gasteiger partial charge < -0.3 is 10.6 Å². The number of anilines is 1. The molecular weight excluding hydrogens is 290 g/mol. The van der Waals surface area contributed by atoms with Crippen LogP contribution < -0.4 is 10.6 Å². The molecule has 0 aliphatic carbocycles. The van der Waals surface area contributed by atoms with E-state index in [2.05, 4.69) is 28.7 Å². The molecule has 1 atom stereocenters. The number of nitrogens with two attached hydrogens (primary N) is 1. The average molecular weight is 307 g/mol. The first-order valence-electron chi connectivity index (χ1n) is 6.78. The second kappa shape index (κ2) is 4.88. The van der Waals surface area contributed by atoms with Crippen molar-refractivity contribution in [1.29, 1.82) is 0 Å². The maximum absolute atomic E-state index is 10.9. The first kappa shape index (κ1) is 14.2. The van der Waals surface area contributed by atoms with E-state index in [4.69, 9.17) is 5.73 Å². The van der Waals surface area contributed by atoms with E-state index >= 15 is 0 Å². The first-order valence-corrected chi connectivity index (χ1v) is 7.59. The van der Waals surface area contributed by atoms with Crippen molar-refractivity contribution in [3.05, 3.63) is 22.5 Å². The summed E-state index contributed by atoms with van der Waals surface area (Å²) < 4.78 is 0. The summed E-state index contributed by atoms with van der Waals surface area (Å²) in [5.41, 5.74) is 6.15. The van der Waals surface area contributed by atoms with Crippen molar-refractivity contribution in [3.63, 3.8) is 0 Å². The van der Waals surface area contributed by atoms with Crippen molar-refractivity contribution in [3.8, 4) is 0 Å². The molecule has 7 nitrogen and oxygen atoms in total. The summed E-state index contributed by atoms with van der Waals surface area (Å²) >= 11 is 1.08. The van der Waals surface area contributed by atoms with Crippen LogP contribution in [0.3, 0.4) is 0 Å². The lowest BCUT2D eigenvalue weighted by molar-refractivity contribution is -0.380. The van der Waals surface area contributed by atoms with Gasteiger partial charge in [-0.25, -0.2) is 9.97 Å². The van der Waals surface area contributed by atoms with Crippen LogP contribution in [0.5, 0.6) is 0 Å². The summed E-state index contributed by atoms with van der Waals surface area (Å²) in [5, 5.41) is 11.8. The molecule has 2 aromatic heterocycles. The summed E-state index contributed by atoms with van der Waals surface area (Å²) in [7, 11) is 0. The number of piperidine rings is 1. The lowest BCUT2D eigenvalue weighted by atomic mass is 9.79. The first-order chi connectivity index (χ1) is 9.88. The molecule has 0 radical (unpaired) electrons. The molecule has 0 aromatic carbocycles. The van der Waals surface area contributed by atoms with Crippen LogP contribution in [-0.2, 0) is 0 Å². The van der Waals surface area contributed by atoms with Crippen LogP contribution in [-0.4, -0.2) is 34.0 Å². The zero-order chi connectivity index (χ0) is 15.2. The van der Waals surface area contributed by atoms with Crippen molar-refractivity contribution in [2.75, 3.05) is 18.0 Å². The SMILES string of the molecule is CC1(C)CN(c2ncnc3sc([N+](=O)[O-])cc23)CCC1N. The number of thiophene rings is 1. The topological polar surface area (TPSA) is 98.2 Å². The van der Waals surface area contributed by atoms with Crippen molar-refractivity contribution in [2.24, 2.45) is 11.1 Å². The minimum atomic E-state index is -0.383. The van der Waals surface area contributed by atoms with Gasteiger partial charge in [0.25, 0.3) is 0 Å². The van der Waals surface area contributed by atoms with Crippen molar-refractivity contribution < 1.29 is 4.92 Å². The molecule has 0 spiro atoms. The van der Waals surface area contributed by atoms with Crippen LogP contribution in [0.25, 0.3) is 10.2 Å². The molecule has 0 bridgehead atoms. The van der Waals surface area contributed by atoms with Gasteiger partial charge in [0.1, 0.15) is 17.0 Å². The average Bonchev–Trinajstić information content (AvgIpc) is 2.86. The quantitative estimate of drug-likeness (QED) is 0.674. The Bertz CT molecular complexity index is 699. The second-order valence-corrected chi connectivity index (χ2v) is 7.07. The van der Waals surface area contributed by atoms with Crippen LogP contribution in [0.2, 0.25) is 0 Å². The van der Waals surface area contributed by atoms with Crippen LogP contribution in [0.15, 0.2) is 12.4 Å². The molecule has 21 heavy (non-hydrogen) atoms. The lowest BCUT2D eigenvalue weighted by Gasteiger charge is -2.43. The Morgan fingerprint density at radius 3 is 2.95 bits per heavy atom. The second-order valence-electron chi connectivity index (χ2n) is 6.06. The van der Waals surface area contributed by atoms with Gasteiger partial charge in [-0.3, -0.25) is 10.1 Å².